The van der Waals surface area contributed by atoms with E-state index < -0.39 is 0 Å². The summed E-state index contributed by atoms with van der Waals surface area (Å²) in [5.41, 5.74) is 2.65. The number of rotatable bonds is 1. The zero-order chi connectivity index (χ0) is 15.7. The summed E-state index contributed by atoms with van der Waals surface area (Å²) in [6.07, 6.45) is 7.10. The van der Waals surface area contributed by atoms with Crippen LogP contribution in [0.1, 0.15) is 17.7 Å². The van der Waals surface area contributed by atoms with Crippen molar-refractivity contribution in [3.8, 4) is 5.88 Å². The molecule has 2 aromatic rings. The predicted molar refractivity (Wildman–Crippen MR) is 86.8 cm³/mol. The van der Waals surface area contributed by atoms with Crippen LogP contribution in [0.15, 0.2) is 28.7 Å². The fourth-order valence-corrected chi connectivity index (χ4v) is 3.35. The summed E-state index contributed by atoms with van der Waals surface area (Å²) in [7, 11) is 1.49. The molecule has 114 valence electrons. The lowest BCUT2D eigenvalue weighted by Crippen LogP contribution is -2.20. The number of aromatic nitrogens is 1. The Morgan fingerprint density at radius 3 is 2.95 bits per heavy atom. The lowest BCUT2D eigenvalue weighted by Gasteiger charge is -2.10. The topological polar surface area (TPSA) is 78.1 Å². The van der Waals surface area contributed by atoms with Gasteiger partial charge in [0.05, 0.1) is 5.57 Å². The second-order valence-corrected chi connectivity index (χ2v) is 6.57. The van der Waals surface area contributed by atoms with Crippen LogP contribution in [0.2, 0.25) is 0 Å². The Labute approximate surface area is 135 Å². The van der Waals surface area contributed by atoms with E-state index in [1.54, 1.807) is 18.2 Å². The molecule has 3 rings (SSSR count). The first-order valence-corrected chi connectivity index (χ1v) is 7.92. The minimum atomic E-state index is -0.218. The Kier molecular flexibility index (Phi) is 4.00. The molecule has 1 N–H and O–H groups in total. The summed E-state index contributed by atoms with van der Waals surface area (Å²) < 4.78 is 7.08. The molecule has 0 amide bonds. The Morgan fingerprint density at radius 1 is 1.45 bits per heavy atom. The first-order valence-electron chi connectivity index (χ1n) is 6.70. The fraction of sp³-hybridized carbons (Fsp3) is 0.200. The van der Waals surface area contributed by atoms with Gasteiger partial charge in [-0.3, -0.25) is 0 Å². The Balaban J connectivity index is 2.14. The van der Waals surface area contributed by atoms with Gasteiger partial charge in [0.1, 0.15) is 17.9 Å². The third-order valence-electron chi connectivity index (χ3n) is 3.33. The molecule has 2 aromatic heterocycles. The molecule has 0 saturated carbocycles. The van der Waals surface area contributed by atoms with E-state index in [2.05, 4.69) is 4.98 Å². The molecule has 0 unspecified atom stereocenters. The second-order valence-electron chi connectivity index (χ2n) is 4.85. The molecule has 1 aliphatic carbocycles. The third kappa shape index (κ3) is 2.90. The average molecular weight is 333 g/mol. The lowest BCUT2D eigenvalue weighted by molar-refractivity contribution is -0.422. The lowest BCUT2D eigenvalue weighted by atomic mass is 9.99. The summed E-state index contributed by atoms with van der Waals surface area (Å²) in [6, 6.07) is 3.58. The summed E-state index contributed by atoms with van der Waals surface area (Å²) >= 11 is 6.15. The van der Waals surface area contributed by atoms with Crippen molar-refractivity contribution < 1.29 is 14.3 Å². The molecule has 0 spiro atoms. The molecule has 5 nitrogen and oxygen atoms in total. The molecule has 22 heavy (non-hydrogen) atoms. The van der Waals surface area contributed by atoms with Crippen LogP contribution in [-0.4, -0.2) is 22.5 Å². The highest BCUT2D eigenvalue weighted by molar-refractivity contribution is 7.73. The molecule has 0 aliphatic heterocycles. The maximum absolute atomic E-state index is 11.6. The van der Waals surface area contributed by atoms with Gasteiger partial charge < -0.3 is 19.7 Å². The highest BCUT2D eigenvalue weighted by atomic mass is 32.1. The maximum atomic E-state index is 11.6. The Hall–Kier alpha value is -2.12. The van der Waals surface area contributed by atoms with Crippen LogP contribution < -0.4 is 15.9 Å². The van der Waals surface area contributed by atoms with Crippen LogP contribution in [0.5, 0.6) is 5.88 Å². The van der Waals surface area contributed by atoms with Crippen molar-refractivity contribution >= 4 is 40.9 Å². The largest absolute Gasteiger partial charge is 0.859 e. The summed E-state index contributed by atoms with van der Waals surface area (Å²) in [5, 5.41) is 23.3. The van der Waals surface area contributed by atoms with Crippen molar-refractivity contribution in [2.45, 2.75) is 12.8 Å². The van der Waals surface area contributed by atoms with E-state index in [1.165, 1.54) is 18.4 Å². The standard InChI is InChI=1S/C15H14N2O3S2/c1-17(19)11-5-3-2-4-10(11)12-7-6-9(20-12)8-13-14(18)16-15(21)22-13/h2,4,6-8,18H,3,5H2,1H3,(H,16,21)/p-1. The normalized spacial score (nSPS) is 20.5. The van der Waals surface area contributed by atoms with E-state index in [0.29, 0.717) is 31.8 Å². The van der Waals surface area contributed by atoms with Gasteiger partial charge in [-0.2, -0.15) is 0 Å². The van der Waals surface area contributed by atoms with Crippen LogP contribution in [0.25, 0.3) is 11.6 Å². The van der Waals surface area contributed by atoms with Gasteiger partial charge in [-0.05, 0) is 48.8 Å². The van der Waals surface area contributed by atoms with E-state index in [4.69, 9.17) is 16.6 Å². The Morgan fingerprint density at radius 2 is 2.27 bits per heavy atom. The van der Waals surface area contributed by atoms with Crippen LogP contribution in [0, 0.1) is 9.16 Å². The second kappa shape index (κ2) is 5.94. The monoisotopic (exact) mass is 333 g/mol. The van der Waals surface area contributed by atoms with Crippen LogP contribution in [0.3, 0.4) is 0 Å². The van der Waals surface area contributed by atoms with Crippen molar-refractivity contribution in [3.05, 3.63) is 49.2 Å². The van der Waals surface area contributed by atoms with E-state index in [0.717, 1.165) is 16.7 Å². The maximum Gasteiger partial charge on any atom is 0.198 e. The smallest absolute Gasteiger partial charge is 0.198 e. The van der Waals surface area contributed by atoms with Crippen molar-refractivity contribution in [1.29, 1.82) is 0 Å². The van der Waals surface area contributed by atoms with Crippen LogP contribution in [0.4, 0.5) is 0 Å². The molecule has 7 heteroatoms. The molecule has 0 aromatic carbocycles. The zero-order valence-electron chi connectivity index (χ0n) is 11.8. The highest BCUT2D eigenvalue weighted by Crippen LogP contribution is 2.19. The number of thiazole rings is 1. The van der Waals surface area contributed by atoms with Gasteiger partial charge >= 0.3 is 0 Å². The number of aromatic amines is 1. The summed E-state index contributed by atoms with van der Waals surface area (Å²) in [4.78, 5) is 3.06. The molecular formula is C15H13N2O3S2-. The molecule has 0 atom stereocenters. The molecule has 0 saturated heterocycles. The van der Waals surface area contributed by atoms with Crippen molar-refractivity contribution in [3.63, 3.8) is 0 Å². The van der Waals surface area contributed by atoms with Crippen LogP contribution >= 0.6 is 23.6 Å². The van der Waals surface area contributed by atoms with Gasteiger partial charge in [-0.15, -0.1) is 11.3 Å². The number of H-pyrrole nitrogens is 1. The van der Waals surface area contributed by atoms with E-state index >= 15 is 0 Å². The number of hydrogen-bond acceptors (Lipinski definition) is 5. The minimum absolute atomic E-state index is 0.218. The van der Waals surface area contributed by atoms with Crippen molar-refractivity contribution in [2.24, 2.45) is 0 Å². The fourth-order valence-electron chi connectivity index (χ4n) is 2.33. The van der Waals surface area contributed by atoms with Crippen molar-refractivity contribution in [1.82, 2.24) is 4.98 Å². The molecule has 0 fully saturated rings. The number of nitrogens with one attached hydrogen (secondary N) is 1. The summed E-state index contributed by atoms with van der Waals surface area (Å²) in [6.45, 7) is 0. The van der Waals surface area contributed by atoms with Crippen LogP contribution in [-0.2, 0) is 0 Å². The Bertz CT molecular complexity index is 940. The molecule has 0 bridgehead atoms. The minimum Gasteiger partial charge on any atom is -0.859 e. The SMILES string of the molecule is C[N+]([O-])=C1CCC=CC1=c1ccc(=Cc2sc(=S)[nH]c2[O-])o1. The number of hydroxylamine groups is 1. The highest BCUT2D eigenvalue weighted by Gasteiger charge is 2.17. The molecule has 1 aliphatic rings. The molecule has 0 radical (unpaired) electrons. The number of hydrogen-bond donors (Lipinski definition) is 1. The first kappa shape index (κ1) is 14.8. The first-order chi connectivity index (χ1) is 10.5. The van der Waals surface area contributed by atoms with E-state index in [-0.39, 0.29) is 5.88 Å². The van der Waals surface area contributed by atoms with E-state index in [1.807, 2.05) is 12.2 Å². The van der Waals surface area contributed by atoms with Gasteiger partial charge in [-0.25, -0.2) is 4.74 Å². The van der Waals surface area contributed by atoms with Gasteiger partial charge in [0.25, 0.3) is 0 Å². The third-order valence-corrected chi connectivity index (χ3v) is 4.49. The van der Waals surface area contributed by atoms with Gasteiger partial charge in [0, 0.05) is 11.3 Å². The molecular weight excluding hydrogens is 320 g/mol. The zero-order valence-corrected chi connectivity index (χ0v) is 13.4. The van der Waals surface area contributed by atoms with Gasteiger partial charge in [0.2, 0.25) is 0 Å². The average Bonchev–Trinajstić information content (AvgIpc) is 3.06. The van der Waals surface area contributed by atoms with E-state index in [9.17, 15) is 10.3 Å². The molecule has 2 heterocycles. The van der Waals surface area contributed by atoms with Crippen molar-refractivity contribution in [2.75, 3.05) is 7.05 Å². The number of furan rings is 1. The number of allylic oxidation sites excluding steroid dienone is 2. The predicted octanol–water partition coefficient (Wildman–Crippen LogP) is 1.38. The number of nitrogens with zero attached hydrogens (tertiary/aromatic N) is 1. The quantitative estimate of drug-likeness (QED) is 0.370. The summed E-state index contributed by atoms with van der Waals surface area (Å²) in [5.74, 6) is -0.218. The van der Waals surface area contributed by atoms with Gasteiger partial charge in [0.15, 0.2) is 9.67 Å². The van der Waals surface area contributed by atoms with Gasteiger partial charge in [-0.1, -0.05) is 6.08 Å².